The van der Waals surface area contributed by atoms with Gasteiger partial charge in [0.25, 0.3) is 0 Å². The Balaban J connectivity index is 2.47. The minimum Gasteiger partial charge on any atom is -0.507 e. The van der Waals surface area contributed by atoms with Gasteiger partial charge in [0.1, 0.15) is 5.75 Å². The Morgan fingerprint density at radius 2 is 1.73 bits per heavy atom. The number of phenols is 1. The van der Waals surface area contributed by atoms with Crippen molar-refractivity contribution in [1.29, 1.82) is 0 Å². The lowest BCUT2D eigenvalue weighted by Crippen LogP contribution is -2.16. The number of phenolic OH excluding ortho intramolecular Hbond substituents is 1. The molecular weight excluding hydrogens is 307 g/mol. The molecule has 2 rings (SSSR count). The van der Waals surface area contributed by atoms with Crippen LogP contribution in [0.5, 0.6) is 5.75 Å². The van der Waals surface area contributed by atoms with Gasteiger partial charge in [-0.15, -0.1) is 0 Å². The number of thiol groups is 1. The zero-order chi connectivity index (χ0) is 16.5. The van der Waals surface area contributed by atoms with Crippen molar-refractivity contribution in [3.05, 3.63) is 52.6 Å². The Hall–Kier alpha value is -0.980. The van der Waals surface area contributed by atoms with Gasteiger partial charge >= 0.3 is 0 Å². The molecule has 0 spiro atoms. The quantitative estimate of drug-likeness (QED) is 0.632. The lowest BCUT2D eigenvalue weighted by Gasteiger charge is -2.22. The summed E-state index contributed by atoms with van der Waals surface area (Å²) in [5.74, 6) is 1.15. The van der Waals surface area contributed by atoms with E-state index in [-0.39, 0.29) is 5.41 Å². The zero-order valence-corrected chi connectivity index (χ0v) is 15.9. The third-order valence-corrected chi connectivity index (χ3v) is 5.62. The average Bonchev–Trinajstić information content (AvgIpc) is 2.44. The van der Waals surface area contributed by atoms with E-state index in [1.165, 1.54) is 22.0 Å². The summed E-state index contributed by atoms with van der Waals surface area (Å²) >= 11 is 4.45. The molecule has 0 fully saturated rings. The van der Waals surface area contributed by atoms with Gasteiger partial charge in [-0.1, -0.05) is 59.2 Å². The van der Waals surface area contributed by atoms with Crippen molar-refractivity contribution in [3.8, 4) is 5.75 Å². The second-order valence-electron chi connectivity index (χ2n) is 6.88. The van der Waals surface area contributed by atoms with Gasteiger partial charge in [0.15, 0.2) is 0 Å². The van der Waals surface area contributed by atoms with E-state index in [0.29, 0.717) is 14.3 Å². The first-order chi connectivity index (χ1) is 10.2. The number of benzene rings is 2. The second-order valence-corrected chi connectivity index (χ2v) is 8.53. The molecule has 0 heterocycles. The topological polar surface area (TPSA) is 20.2 Å². The lowest BCUT2D eigenvalue weighted by molar-refractivity contribution is 0.474. The summed E-state index contributed by atoms with van der Waals surface area (Å²) in [5, 5.41) is 12.7. The molecule has 0 saturated heterocycles. The number of hydrogen-bond donors (Lipinski definition) is 2. The predicted molar refractivity (Wildman–Crippen MR) is 103 cm³/mol. The highest BCUT2D eigenvalue weighted by Gasteiger charge is 2.18. The highest BCUT2D eigenvalue weighted by atomic mass is 32.1. The summed E-state index contributed by atoms with van der Waals surface area (Å²) < 4.78 is 0. The first-order valence-corrected chi connectivity index (χ1v) is 9.17. The van der Waals surface area contributed by atoms with Crippen molar-refractivity contribution in [3.63, 3.8) is 0 Å². The van der Waals surface area contributed by atoms with Gasteiger partial charge in [-0.25, -0.2) is 0 Å². The number of aryl methyl sites for hydroxylation is 2. The first kappa shape index (κ1) is 17.4. The molecule has 0 aliphatic rings. The Morgan fingerprint density at radius 1 is 1.05 bits per heavy atom. The van der Waals surface area contributed by atoms with E-state index in [2.05, 4.69) is 70.7 Å². The third-order valence-electron chi connectivity index (χ3n) is 3.87. The molecule has 2 aromatic carbocycles. The SMILES string of the molecule is Cc1ccc(Pc2cc(C(C)(C)C)cc(C)c2O)c(CS)c1. The molecule has 1 unspecified atom stereocenters. The van der Waals surface area contributed by atoms with Crippen LogP contribution in [0, 0.1) is 13.8 Å². The fourth-order valence-electron chi connectivity index (χ4n) is 2.43. The highest BCUT2D eigenvalue weighted by molar-refractivity contribution is 7.79. The summed E-state index contributed by atoms with van der Waals surface area (Å²) in [6, 6.07) is 10.7. The molecular formula is C19H25OPS. The minimum atomic E-state index is 0.0807. The summed E-state index contributed by atoms with van der Waals surface area (Å²) in [4.78, 5) is 0. The zero-order valence-electron chi connectivity index (χ0n) is 14.0. The van der Waals surface area contributed by atoms with Crippen LogP contribution in [0.2, 0.25) is 0 Å². The van der Waals surface area contributed by atoms with Crippen molar-refractivity contribution >= 4 is 31.8 Å². The molecule has 0 saturated carbocycles. The molecule has 22 heavy (non-hydrogen) atoms. The van der Waals surface area contributed by atoms with Crippen LogP contribution in [0.3, 0.4) is 0 Å². The Kier molecular flexibility index (Phi) is 5.25. The Bertz CT molecular complexity index is 687. The van der Waals surface area contributed by atoms with Gasteiger partial charge in [-0.3, -0.25) is 0 Å². The molecule has 2 aromatic rings. The fraction of sp³-hybridized carbons (Fsp3) is 0.368. The molecule has 1 atom stereocenters. The van der Waals surface area contributed by atoms with Crippen LogP contribution in [-0.4, -0.2) is 5.11 Å². The summed E-state index contributed by atoms with van der Waals surface area (Å²) in [7, 11) is 0.451. The van der Waals surface area contributed by atoms with Crippen molar-refractivity contribution in [2.75, 3.05) is 0 Å². The van der Waals surface area contributed by atoms with Crippen LogP contribution >= 0.6 is 21.2 Å². The normalized spacial score (nSPS) is 12.3. The van der Waals surface area contributed by atoms with Crippen LogP contribution in [0.25, 0.3) is 0 Å². The highest BCUT2D eigenvalue weighted by Crippen LogP contribution is 2.30. The molecule has 0 aliphatic heterocycles. The van der Waals surface area contributed by atoms with E-state index in [4.69, 9.17) is 0 Å². The average molecular weight is 332 g/mol. The van der Waals surface area contributed by atoms with Crippen LogP contribution < -0.4 is 10.6 Å². The molecule has 1 N–H and O–H groups in total. The number of hydrogen-bond acceptors (Lipinski definition) is 2. The van der Waals surface area contributed by atoms with E-state index in [1.54, 1.807) is 0 Å². The molecule has 1 nitrogen and oxygen atoms in total. The van der Waals surface area contributed by atoms with Crippen LogP contribution in [0.1, 0.15) is 43.0 Å². The van der Waals surface area contributed by atoms with E-state index in [0.717, 1.165) is 16.6 Å². The maximum atomic E-state index is 10.5. The van der Waals surface area contributed by atoms with Crippen LogP contribution in [0.4, 0.5) is 0 Å². The smallest absolute Gasteiger partial charge is 0.126 e. The second kappa shape index (κ2) is 6.64. The van der Waals surface area contributed by atoms with Crippen molar-refractivity contribution in [1.82, 2.24) is 0 Å². The predicted octanol–water partition coefficient (Wildman–Crippen LogP) is 4.37. The Morgan fingerprint density at radius 3 is 2.32 bits per heavy atom. The van der Waals surface area contributed by atoms with Crippen molar-refractivity contribution in [2.45, 2.75) is 45.8 Å². The standard InChI is InChI=1S/C19H25OPS/c1-12-6-7-16(14(8-12)11-22)21-17-10-15(19(3,4)5)9-13(2)18(17)20/h6-10,20-22H,11H2,1-5H3. The van der Waals surface area contributed by atoms with Crippen LogP contribution in [0.15, 0.2) is 30.3 Å². The van der Waals surface area contributed by atoms with E-state index >= 15 is 0 Å². The monoisotopic (exact) mass is 332 g/mol. The summed E-state index contributed by atoms with van der Waals surface area (Å²) in [6.07, 6.45) is 0. The maximum absolute atomic E-state index is 10.5. The van der Waals surface area contributed by atoms with E-state index in [9.17, 15) is 5.11 Å². The van der Waals surface area contributed by atoms with E-state index in [1.807, 2.05) is 6.92 Å². The number of rotatable bonds is 3. The van der Waals surface area contributed by atoms with Crippen molar-refractivity contribution in [2.24, 2.45) is 0 Å². The maximum Gasteiger partial charge on any atom is 0.126 e. The van der Waals surface area contributed by atoms with Crippen molar-refractivity contribution < 1.29 is 5.11 Å². The molecule has 3 heteroatoms. The van der Waals surface area contributed by atoms with Gasteiger partial charge in [0.05, 0.1) is 0 Å². The molecule has 0 bridgehead atoms. The summed E-state index contributed by atoms with van der Waals surface area (Å²) in [5.41, 5.74) is 4.80. The third kappa shape index (κ3) is 3.86. The Labute approximate surface area is 141 Å². The van der Waals surface area contributed by atoms with Crippen LogP contribution in [-0.2, 0) is 11.2 Å². The van der Waals surface area contributed by atoms with E-state index < -0.39 is 0 Å². The molecule has 0 radical (unpaired) electrons. The van der Waals surface area contributed by atoms with Gasteiger partial charge in [0, 0.05) is 11.1 Å². The molecule has 0 amide bonds. The minimum absolute atomic E-state index is 0.0807. The first-order valence-electron chi connectivity index (χ1n) is 7.54. The van der Waals surface area contributed by atoms with Gasteiger partial charge < -0.3 is 5.11 Å². The largest absolute Gasteiger partial charge is 0.507 e. The fourth-order valence-corrected chi connectivity index (χ4v) is 4.16. The molecule has 0 aromatic heterocycles. The molecule has 118 valence electrons. The summed E-state index contributed by atoms with van der Waals surface area (Å²) in [6.45, 7) is 10.7. The van der Waals surface area contributed by atoms with Gasteiger partial charge in [-0.05, 0) is 47.3 Å². The number of aromatic hydroxyl groups is 1. The molecule has 0 aliphatic carbocycles. The van der Waals surface area contributed by atoms with Gasteiger partial charge in [0.2, 0.25) is 0 Å². The van der Waals surface area contributed by atoms with Gasteiger partial charge in [-0.2, -0.15) is 12.6 Å². The lowest BCUT2D eigenvalue weighted by atomic mass is 9.86.